The quantitative estimate of drug-likeness (QED) is 0.806. The van der Waals surface area contributed by atoms with E-state index in [1.54, 1.807) is 11.8 Å². The average molecular weight is 394 g/mol. The number of nitrogens with zero attached hydrogens (tertiary/aromatic N) is 2. The molecule has 1 aliphatic heterocycles. The van der Waals surface area contributed by atoms with Crippen LogP contribution >= 0.6 is 36.6 Å². The normalized spacial score (nSPS) is 18.1. The molecule has 4 nitrogen and oxygen atoms in total. The Morgan fingerprint density at radius 3 is 2.67 bits per heavy atom. The largest absolute Gasteiger partial charge is 0.369 e. The van der Waals surface area contributed by atoms with Gasteiger partial charge in [0.2, 0.25) is 5.91 Å². The number of thioether (sulfide) groups is 1. The van der Waals surface area contributed by atoms with Crippen molar-refractivity contribution in [3.8, 4) is 0 Å². The van der Waals surface area contributed by atoms with Gasteiger partial charge in [-0.15, -0.1) is 24.8 Å². The first-order valence-corrected chi connectivity index (χ1v) is 9.34. The van der Waals surface area contributed by atoms with Gasteiger partial charge in [-0.25, -0.2) is 0 Å². The van der Waals surface area contributed by atoms with Crippen molar-refractivity contribution >= 4 is 48.2 Å². The van der Waals surface area contributed by atoms with E-state index in [4.69, 9.17) is 5.73 Å². The maximum atomic E-state index is 12.5. The molecule has 1 aliphatic rings. The zero-order valence-electron chi connectivity index (χ0n) is 14.4. The van der Waals surface area contributed by atoms with E-state index in [9.17, 15) is 4.79 Å². The van der Waals surface area contributed by atoms with E-state index >= 15 is 0 Å². The molecule has 0 aliphatic carbocycles. The van der Waals surface area contributed by atoms with Gasteiger partial charge in [0.15, 0.2) is 0 Å². The zero-order valence-corrected chi connectivity index (χ0v) is 16.8. The Kier molecular flexibility index (Phi) is 11.5. The van der Waals surface area contributed by atoms with Crippen LogP contribution in [-0.4, -0.2) is 55.0 Å². The lowest BCUT2D eigenvalue weighted by molar-refractivity contribution is -0.133. The van der Waals surface area contributed by atoms with Crippen LogP contribution in [0.5, 0.6) is 0 Å². The van der Waals surface area contributed by atoms with Crippen molar-refractivity contribution in [2.75, 3.05) is 37.0 Å². The topological polar surface area (TPSA) is 49.6 Å². The van der Waals surface area contributed by atoms with E-state index in [1.165, 1.54) is 5.69 Å². The summed E-state index contributed by atoms with van der Waals surface area (Å²) in [6.45, 7) is 1.95. The summed E-state index contributed by atoms with van der Waals surface area (Å²) in [5.74, 6) is 1.01. The number of likely N-dealkylation sites (N-methyl/N-ethyl adjacent to an activating group) is 1. The first kappa shape index (κ1) is 23.4. The van der Waals surface area contributed by atoms with Crippen molar-refractivity contribution in [3.63, 3.8) is 0 Å². The van der Waals surface area contributed by atoms with Crippen molar-refractivity contribution in [1.82, 2.24) is 4.90 Å². The molecule has 1 aromatic rings. The summed E-state index contributed by atoms with van der Waals surface area (Å²) >= 11 is 1.73. The van der Waals surface area contributed by atoms with Crippen LogP contribution in [0.15, 0.2) is 30.3 Å². The van der Waals surface area contributed by atoms with Crippen molar-refractivity contribution in [2.45, 2.75) is 31.3 Å². The molecule has 0 spiro atoms. The predicted molar refractivity (Wildman–Crippen MR) is 110 cm³/mol. The van der Waals surface area contributed by atoms with E-state index in [0.29, 0.717) is 0 Å². The number of carbonyl (C=O) groups excluding carboxylic acids is 1. The van der Waals surface area contributed by atoms with Crippen LogP contribution in [0.1, 0.15) is 19.3 Å². The second-order valence-corrected chi connectivity index (χ2v) is 6.90. The Bertz CT molecular complexity index is 478. The van der Waals surface area contributed by atoms with E-state index < -0.39 is 0 Å². The molecule has 0 radical (unpaired) electrons. The predicted octanol–water partition coefficient (Wildman–Crippen LogP) is 3.04. The molecular formula is C17H29Cl2N3OS. The molecule has 2 atom stereocenters. The fourth-order valence-electron chi connectivity index (χ4n) is 2.95. The third-order valence-corrected chi connectivity index (χ3v) is 5.01. The third kappa shape index (κ3) is 6.36. The zero-order chi connectivity index (χ0) is 15.9. The average Bonchev–Trinajstić information content (AvgIpc) is 2.59. The maximum absolute atomic E-state index is 12.5. The summed E-state index contributed by atoms with van der Waals surface area (Å²) in [6, 6.07) is 10.3. The number of amides is 1. The first-order chi connectivity index (χ1) is 10.6. The molecule has 1 amide bonds. The molecule has 1 fully saturated rings. The molecule has 1 unspecified atom stereocenters. The minimum absolute atomic E-state index is 0. The fraction of sp³-hybridized carbons (Fsp3) is 0.588. The molecule has 2 N–H and O–H groups in total. The van der Waals surface area contributed by atoms with Crippen LogP contribution in [0, 0.1) is 0 Å². The Hall–Kier alpha value is -0.620. The molecule has 0 bridgehead atoms. The summed E-state index contributed by atoms with van der Waals surface area (Å²) in [6.07, 6.45) is 4.96. The summed E-state index contributed by atoms with van der Waals surface area (Å²) in [7, 11) is 1.90. The van der Waals surface area contributed by atoms with Crippen LogP contribution in [0.4, 0.5) is 5.69 Å². The van der Waals surface area contributed by atoms with Crippen LogP contribution in [0.2, 0.25) is 0 Å². The highest BCUT2D eigenvalue weighted by molar-refractivity contribution is 7.98. The third-order valence-electron chi connectivity index (χ3n) is 4.36. The minimum Gasteiger partial charge on any atom is -0.369 e. The standard InChI is InChI=1S/C17H27N3OS.2ClH/c1-19(17(21)16(18)10-12-22-2)15-9-6-11-20(13-15)14-7-4-3-5-8-14;;/h3-5,7-8,15-16H,6,9-13,18H2,1-2H3;2*1H/t15?,16-;;/m0../s1. The smallest absolute Gasteiger partial charge is 0.239 e. The minimum atomic E-state index is -0.371. The monoisotopic (exact) mass is 393 g/mol. The number of benzene rings is 1. The fourth-order valence-corrected chi connectivity index (χ4v) is 3.44. The number of nitrogens with two attached hydrogens (primary N) is 1. The summed E-state index contributed by atoms with van der Waals surface area (Å²) in [5.41, 5.74) is 7.27. The maximum Gasteiger partial charge on any atom is 0.239 e. The molecule has 138 valence electrons. The lowest BCUT2D eigenvalue weighted by Crippen LogP contribution is -2.52. The number of piperidine rings is 1. The second kappa shape index (κ2) is 11.9. The molecule has 1 aromatic carbocycles. The number of carbonyl (C=O) groups is 1. The van der Waals surface area contributed by atoms with Crippen LogP contribution in [0.25, 0.3) is 0 Å². The van der Waals surface area contributed by atoms with Gasteiger partial charge in [0.05, 0.1) is 6.04 Å². The highest BCUT2D eigenvalue weighted by Gasteiger charge is 2.28. The van der Waals surface area contributed by atoms with E-state index in [1.807, 2.05) is 24.3 Å². The summed E-state index contributed by atoms with van der Waals surface area (Å²) in [5, 5.41) is 0. The van der Waals surface area contributed by atoms with Crippen LogP contribution in [0.3, 0.4) is 0 Å². The Balaban J connectivity index is 0.00000264. The molecule has 0 aromatic heterocycles. The highest BCUT2D eigenvalue weighted by Crippen LogP contribution is 2.22. The van der Waals surface area contributed by atoms with Gasteiger partial charge in [0, 0.05) is 31.9 Å². The highest BCUT2D eigenvalue weighted by atomic mass is 35.5. The van der Waals surface area contributed by atoms with Gasteiger partial charge in [-0.3, -0.25) is 4.79 Å². The number of halogens is 2. The van der Waals surface area contributed by atoms with Crippen molar-refractivity contribution in [3.05, 3.63) is 30.3 Å². The molecule has 0 saturated carbocycles. The number of anilines is 1. The molecular weight excluding hydrogens is 365 g/mol. The van der Waals surface area contributed by atoms with Crippen LogP contribution in [-0.2, 0) is 4.79 Å². The van der Waals surface area contributed by atoms with Gasteiger partial charge in [-0.2, -0.15) is 11.8 Å². The molecule has 7 heteroatoms. The number of hydrogen-bond donors (Lipinski definition) is 1. The molecule has 1 heterocycles. The lowest BCUT2D eigenvalue weighted by atomic mass is 10.0. The Morgan fingerprint density at radius 2 is 2.04 bits per heavy atom. The van der Waals surface area contributed by atoms with Crippen LogP contribution < -0.4 is 10.6 Å². The van der Waals surface area contributed by atoms with Gasteiger partial charge in [-0.05, 0) is 43.4 Å². The number of rotatable bonds is 6. The van der Waals surface area contributed by atoms with E-state index in [2.05, 4.69) is 29.2 Å². The number of hydrogen-bond acceptors (Lipinski definition) is 4. The lowest BCUT2D eigenvalue weighted by Gasteiger charge is -2.39. The van der Waals surface area contributed by atoms with Gasteiger partial charge in [0.25, 0.3) is 0 Å². The van der Waals surface area contributed by atoms with Crippen molar-refractivity contribution in [1.29, 1.82) is 0 Å². The summed E-state index contributed by atoms with van der Waals surface area (Å²) in [4.78, 5) is 16.7. The number of para-hydroxylation sites is 1. The molecule has 24 heavy (non-hydrogen) atoms. The molecule has 2 rings (SSSR count). The Morgan fingerprint density at radius 1 is 1.38 bits per heavy atom. The molecule has 1 saturated heterocycles. The first-order valence-electron chi connectivity index (χ1n) is 7.94. The Labute approximate surface area is 162 Å². The van der Waals surface area contributed by atoms with Crippen molar-refractivity contribution in [2.24, 2.45) is 5.73 Å². The van der Waals surface area contributed by atoms with Crippen molar-refractivity contribution < 1.29 is 4.79 Å². The van der Waals surface area contributed by atoms with E-state index in [-0.39, 0.29) is 42.8 Å². The van der Waals surface area contributed by atoms with Gasteiger partial charge < -0.3 is 15.5 Å². The summed E-state index contributed by atoms with van der Waals surface area (Å²) < 4.78 is 0. The second-order valence-electron chi connectivity index (χ2n) is 5.91. The van der Waals surface area contributed by atoms with Gasteiger partial charge in [0.1, 0.15) is 0 Å². The van der Waals surface area contributed by atoms with Gasteiger partial charge in [-0.1, -0.05) is 18.2 Å². The van der Waals surface area contributed by atoms with E-state index in [0.717, 1.165) is 38.1 Å². The van der Waals surface area contributed by atoms with Gasteiger partial charge >= 0.3 is 0 Å². The SMILES string of the molecule is CSCC[C@H](N)C(=O)N(C)C1CCCN(c2ccccc2)C1.Cl.Cl.